The fourth-order valence-electron chi connectivity index (χ4n) is 2.37. The van der Waals surface area contributed by atoms with Gasteiger partial charge in [0.25, 0.3) is 0 Å². The Bertz CT molecular complexity index is 476. The van der Waals surface area contributed by atoms with Crippen molar-refractivity contribution in [1.29, 1.82) is 0 Å². The van der Waals surface area contributed by atoms with E-state index in [1.165, 1.54) is 23.3 Å². The molecule has 2 aromatic rings. The van der Waals surface area contributed by atoms with Crippen molar-refractivity contribution in [2.24, 2.45) is 5.92 Å². The predicted molar refractivity (Wildman–Crippen MR) is 75.6 cm³/mol. The molecule has 1 aliphatic rings. The molecule has 94 valence electrons. The van der Waals surface area contributed by atoms with E-state index in [1.54, 1.807) is 0 Å². The minimum absolute atomic E-state index is 0.376. The third-order valence-corrected chi connectivity index (χ3v) is 4.53. The number of thiophene rings is 1. The zero-order valence-corrected chi connectivity index (χ0v) is 11.4. The van der Waals surface area contributed by atoms with Gasteiger partial charge in [0.2, 0.25) is 0 Å². The lowest BCUT2D eigenvalue weighted by molar-refractivity contribution is 0.433. The number of nitrogens with one attached hydrogen (secondary N) is 1. The van der Waals surface area contributed by atoms with Crippen LogP contribution >= 0.6 is 11.3 Å². The second-order valence-corrected chi connectivity index (χ2v) is 5.98. The zero-order valence-electron chi connectivity index (χ0n) is 10.5. The highest BCUT2D eigenvalue weighted by molar-refractivity contribution is 7.10. The number of hydrogen-bond acceptors (Lipinski definition) is 3. The average Bonchev–Trinajstić information content (AvgIpc) is 3.11. The van der Waals surface area contributed by atoms with Crippen LogP contribution in [0.4, 0.5) is 0 Å². The summed E-state index contributed by atoms with van der Waals surface area (Å²) in [5, 5.41) is 5.95. The molecule has 0 aliphatic heterocycles. The van der Waals surface area contributed by atoms with E-state index in [1.807, 2.05) is 23.7 Å². The van der Waals surface area contributed by atoms with Gasteiger partial charge in [0.05, 0.1) is 0 Å². The van der Waals surface area contributed by atoms with Gasteiger partial charge in [-0.3, -0.25) is 4.98 Å². The molecule has 2 heterocycles. The zero-order chi connectivity index (χ0) is 12.4. The standard InChI is InChI=1S/C15H18N2S/c1-11(12-6-8-16-9-7-12)17-15(13-4-5-13)14-3-2-10-18-14/h2-3,6-11,13,15,17H,4-5H2,1H3/t11-,15?/m1/s1. The van der Waals surface area contributed by atoms with Crippen molar-refractivity contribution in [3.05, 3.63) is 52.5 Å². The summed E-state index contributed by atoms with van der Waals surface area (Å²) in [5.74, 6) is 0.827. The van der Waals surface area contributed by atoms with Crippen molar-refractivity contribution < 1.29 is 0 Å². The molecule has 0 amide bonds. The van der Waals surface area contributed by atoms with Gasteiger partial charge < -0.3 is 5.32 Å². The molecule has 3 heteroatoms. The lowest BCUT2D eigenvalue weighted by Crippen LogP contribution is -2.25. The molecule has 0 aromatic carbocycles. The fourth-order valence-corrected chi connectivity index (χ4v) is 3.24. The third-order valence-electron chi connectivity index (χ3n) is 3.58. The molecule has 0 radical (unpaired) electrons. The minimum Gasteiger partial charge on any atom is -0.302 e. The molecular formula is C15H18N2S. The number of rotatable bonds is 5. The lowest BCUT2D eigenvalue weighted by atomic mass is 10.1. The van der Waals surface area contributed by atoms with Crippen molar-refractivity contribution in [2.45, 2.75) is 31.8 Å². The van der Waals surface area contributed by atoms with Gasteiger partial charge in [0.1, 0.15) is 0 Å². The molecule has 1 saturated carbocycles. The molecular weight excluding hydrogens is 240 g/mol. The summed E-state index contributed by atoms with van der Waals surface area (Å²) in [7, 11) is 0. The maximum Gasteiger partial charge on any atom is 0.0448 e. The molecule has 18 heavy (non-hydrogen) atoms. The van der Waals surface area contributed by atoms with Crippen LogP contribution in [0.25, 0.3) is 0 Å². The maximum atomic E-state index is 4.08. The SMILES string of the molecule is C[C@@H](NC(c1cccs1)C1CC1)c1ccncc1. The molecule has 2 atom stereocenters. The Kier molecular flexibility index (Phi) is 3.43. The van der Waals surface area contributed by atoms with E-state index in [2.05, 4.69) is 46.9 Å². The van der Waals surface area contributed by atoms with Gasteiger partial charge in [0.15, 0.2) is 0 Å². The number of hydrogen-bond donors (Lipinski definition) is 1. The first-order valence-corrected chi connectivity index (χ1v) is 7.42. The second-order valence-electron chi connectivity index (χ2n) is 5.00. The fraction of sp³-hybridized carbons (Fsp3) is 0.400. The molecule has 1 fully saturated rings. The average molecular weight is 258 g/mol. The second kappa shape index (κ2) is 5.21. The summed E-state index contributed by atoms with van der Waals surface area (Å²) in [6, 6.07) is 9.48. The number of aromatic nitrogens is 1. The van der Waals surface area contributed by atoms with Crippen molar-refractivity contribution in [1.82, 2.24) is 10.3 Å². The van der Waals surface area contributed by atoms with E-state index in [9.17, 15) is 0 Å². The molecule has 1 unspecified atom stereocenters. The van der Waals surface area contributed by atoms with Gasteiger partial charge in [-0.05, 0) is 54.8 Å². The van der Waals surface area contributed by atoms with Gasteiger partial charge in [-0.25, -0.2) is 0 Å². The Morgan fingerprint density at radius 2 is 2.06 bits per heavy atom. The van der Waals surface area contributed by atoms with Crippen LogP contribution in [0.5, 0.6) is 0 Å². The Labute approximate surface area is 112 Å². The molecule has 3 rings (SSSR count). The molecule has 1 aliphatic carbocycles. The first-order valence-electron chi connectivity index (χ1n) is 6.54. The van der Waals surface area contributed by atoms with Crippen LogP contribution in [0, 0.1) is 5.92 Å². The van der Waals surface area contributed by atoms with Crippen LogP contribution in [0.1, 0.15) is 42.3 Å². The maximum absolute atomic E-state index is 4.08. The first kappa shape index (κ1) is 11.9. The van der Waals surface area contributed by atoms with Crippen LogP contribution < -0.4 is 5.32 Å². The Hall–Kier alpha value is -1.19. The molecule has 2 nitrogen and oxygen atoms in total. The van der Waals surface area contributed by atoms with E-state index >= 15 is 0 Å². The van der Waals surface area contributed by atoms with Gasteiger partial charge in [-0.2, -0.15) is 0 Å². The van der Waals surface area contributed by atoms with E-state index in [0.29, 0.717) is 12.1 Å². The molecule has 0 saturated heterocycles. The lowest BCUT2D eigenvalue weighted by Gasteiger charge is -2.22. The van der Waals surface area contributed by atoms with Gasteiger partial charge in [0, 0.05) is 29.4 Å². The Morgan fingerprint density at radius 3 is 2.67 bits per heavy atom. The normalized spacial score (nSPS) is 18.5. The number of pyridine rings is 1. The highest BCUT2D eigenvalue weighted by Gasteiger charge is 2.33. The van der Waals surface area contributed by atoms with Crippen LogP contribution in [0.2, 0.25) is 0 Å². The topological polar surface area (TPSA) is 24.9 Å². The van der Waals surface area contributed by atoms with E-state index in [0.717, 1.165) is 5.92 Å². The van der Waals surface area contributed by atoms with E-state index in [4.69, 9.17) is 0 Å². The summed E-state index contributed by atoms with van der Waals surface area (Å²) in [4.78, 5) is 5.55. The van der Waals surface area contributed by atoms with Gasteiger partial charge >= 0.3 is 0 Å². The Morgan fingerprint density at radius 1 is 1.28 bits per heavy atom. The first-order chi connectivity index (χ1) is 8.84. The van der Waals surface area contributed by atoms with Crippen molar-refractivity contribution >= 4 is 11.3 Å². The van der Waals surface area contributed by atoms with Gasteiger partial charge in [-0.1, -0.05) is 6.07 Å². The summed E-state index contributed by atoms with van der Waals surface area (Å²) < 4.78 is 0. The van der Waals surface area contributed by atoms with Crippen molar-refractivity contribution in [2.75, 3.05) is 0 Å². The van der Waals surface area contributed by atoms with Crippen molar-refractivity contribution in [3.8, 4) is 0 Å². The summed E-state index contributed by atoms with van der Waals surface area (Å²) in [6.07, 6.45) is 6.45. The van der Waals surface area contributed by atoms with Crippen LogP contribution in [-0.4, -0.2) is 4.98 Å². The van der Waals surface area contributed by atoms with E-state index < -0.39 is 0 Å². The summed E-state index contributed by atoms with van der Waals surface area (Å²) >= 11 is 1.86. The monoisotopic (exact) mass is 258 g/mol. The molecule has 0 spiro atoms. The molecule has 0 bridgehead atoms. The largest absolute Gasteiger partial charge is 0.302 e. The van der Waals surface area contributed by atoms with Crippen LogP contribution in [-0.2, 0) is 0 Å². The highest BCUT2D eigenvalue weighted by Crippen LogP contribution is 2.43. The van der Waals surface area contributed by atoms with Gasteiger partial charge in [-0.15, -0.1) is 11.3 Å². The quantitative estimate of drug-likeness (QED) is 0.878. The van der Waals surface area contributed by atoms with Crippen LogP contribution in [0.15, 0.2) is 42.0 Å². The minimum atomic E-state index is 0.376. The third kappa shape index (κ3) is 2.62. The predicted octanol–water partition coefficient (Wildman–Crippen LogP) is 3.95. The summed E-state index contributed by atoms with van der Waals surface area (Å²) in [5.41, 5.74) is 1.31. The van der Waals surface area contributed by atoms with Crippen LogP contribution in [0.3, 0.4) is 0 Å². The summed E-state index contributed by atoms with van der Waals surface area (Å²) in [6.45, 7) is 2.23. The van der Waals surface area contributed by atoms with E-state index in [-0.39, 0.29) is 0 Å². The molecule has 1 N–H and O–H groups in total. The molecule has 2 aromatic heterocycles. The smallest absolute Gasteiger partial charge is 0.0448 e. The highest BCUT2D eigenvalue weighted by atomic mass is 32.1. The van der Waals surface area contributed by atoms with Crippen molar-refractivity contribution in [3.63, 3.8) is 0 Å². The Balaban J connectivity index is 1.73. The number of nitrogens with zero attached hydrogens (tertiary/aromatic N) is 1.